The number of piperidine rings is 1. The first-order valence-corrected chi connectivity index (χ1v) is 7.52. The number of primary amides is 1. The van der Waals surface area contributed by atoms with Gasteiger partial charge in [-0.25, -0.2) is 10.3 Å². The lowest BCUT2D eigenvalue weighted by molar-refractivity contribution is -0.142. The average molecular weight is 338 g/mol. The van der Waals surface area contributed by atoms with Crippen molar-refractivity contribution in [3.8, 4) is 0 Å². The van der Waals surface area contributed by atoms with Crippen LogP contribution in [-0.4, -0.2) is 66.0 Å². The summed E-state index contributed by atoms with van der Waals surface area (Å²) in [6, 6.07) is -2.37. The van der Waals surface area contributed by atoms with Crippen molar-refractivity contribution >= 4 is 28.2 Å². The van der Waals surface area contributed by atoms with Gasteiger partial charge in [0.2, 0.25) is 5.91 Å². The number of nitrogens with zero attached hydrogens (tertiary/aromatic N) is 2. The number of hydrogen-bond donors (Lipinski definition) is 3. The van der Waals surface area contributed by atoms with Crippen molar-refractivity contribution in [2.45, 2.75) is 24.9 Å². The highest BCUT2D eigenvalue weighted by Gasteiger charge is 2.49. The van der Waals surface area contributed by atoms with Crippen LogP contribution in [0.15, 0.2) is 0 Å². The molecular formula is C9H14N4O8S. The summed E-state index contributed by atoms with van der Waals surface area (Å²) in [5.41, 5.74) is 6.82. The van der Waals surface area contributed by atoms with Crippen molar-refractivity contribution in [1.82, 2.24) is 15.4 Å². The van der Waals surface area contributed by atoms with E-state index in [4.69, 9.17) is 10.3 Å². The highest BCUT2D eigenvalue weighted by Crippen LogP contribution is 2.30. The van der Waals surface area contributed by atoms with Gasteiger partial charge in [0.05, 0.1) is 6.04 Å². The van der Waals surface area contributed by atoms with E-state index in [2.05, 4.69) is 9.12 Å². The second kappa shape index (κ2) is 6.04. The lowest BCUT2D eigenvalue weighted by atomic mass is 10.0. The lowest BCUT2D eigenvalue weighted by Gasteiger charge is -2.28. The SMILES string of the molecule is NC(=O)CONC(=O)[C@@H]1CC[C@@H]2CN1C(=O)N2OS(=O)(=O)O. The maximum absolute atomic E-state index is 12.0. The average Bonchev–Trinajstić information content (AvgIpc) is 2.62. The number of carbonyl (C=O) groups excluding carboxylic acids is 3. The van der Waals surface area contributed by atoms with E-state index in [1.165, 1.54) is 0 Å². The molecule has 0 saturated carbocycles. The Balaban J connectivity index is 1.99. The number of amides is 4. The molecule has 12 nitrogen and oxygen atoms in total. The number of hydroxylamine groups is 3. The molecule has 4 N–H and O–H groups in total. The quantitative estimate of drug-likeness (QED) is 0.353. The van der Waals surface area contributed by atoms with E-state index in [9.17, 15) is 22.8 Å². The molecule has 2 atom stereocenters. The van der Waals surface area contributed by atoms with Crippen LogP contribution in [0.2, 0.25) is 0 Å². The third kappa shape index (κ3) is 3.62. The van der Waals surface area contributed by atoms with Crippen LogP contribution in [0.3, 0.4) is 0 Å². The van der Waals surface area contributed by atoms with Crippen LogP contribution in [0.1, 0.15) is 12.8 Å². The largest absolute Gasteiger partial charge is 0.418 e. The fourth-order valence-electron chi connectivity index (χ4n) is 2.35. The van der Waals surface area contributed by atoms with Crippen LogP contribution in [0.4, 0.5) is 4.79 Å². The van der Waals surface area contributed by atoms with Gasteiger partial charge in [-0.2, -0.15) is 13.5 Å². The Morgan fingerprint density at radius 2 is 2.09 bits per heavy atom. The van der Waals surface area contributed by atoms with Crippen molar-refractivity contribution in [2.75, 3.05) is 13.2 Å². The molecule has 0 spiro atoms. The van der Waals surface area contributed by atoms with Crippen LogP contribution in [0.25, 0.3) is 0 Å². The zero-order valence-corrected chi connectivity index (χ0v) is 12.0. The summed E-state index contributed by atoms with van der Waals surface area (Å²) in [4.78, 5) is 40.1. The zero-order valence-electron chi connectivity index (χ0n) is 11.2. The summed E-state index contributed by atoms with van der Waals surface area (Å²) in [6.45, 7) is -0.463. The first-order valence-electron chi connectivity index (χ1n) is 6.16. The molecule has 4 amide bonds. The second-order valence-corrected chi connectivity index (χ2v) is 5.74. The molecule has 13 heteroatoms. The van der Waals surface area contributed by atoms with Crippen molar-refractivity contribution in [2.24, 2.45) is 5.73 Å². The Morgan fingerprint density at radius 1 is 1.41 bits per heavy atom. The monoisotopic (exact) mass is 338 g/mol. The van der Waals surface area contributed by atoms with Gasteiger partial charge in [0.1, 0.15) is 6.04 Å². The minimum atomic E-state index is -4.84. The highest BCUT2D eigenvalue weighted by atomic mass is 32.3. The number of nitrogens with one attached hydrogen (secondary N) is 1. The van der Waals surface area contributed by atoms with E-state index >= 15 is 0 Å². The third-order valence-corrected chi connectivity index (χ3v) is 3.54. The van der Waals surface area contributed by atoms with Crippen LogP contribution in [0, 0.1) is 0 Å². The van der Waals surface area contributed by atoms with E-state index in [0.717, 1.165) is 4.90 Å². The number of carbonyl (C=O) groups is 3. The fourth-order valence-corrected chi connectivity index (χ4v) is 2.74. The molecule has 124 valence electrons. The first kappa shape index (κ1) is 16.4. The summed E-state index contributed by atoms with van der Waals surface area (Å²) >= 11 is 0. The molecule has 0 aromatic heterocycles. The van der Waals surface area contributed by atoms with Crippen LogP contribution in [-0.2, 0) is 29.1 Å². The Morgan fingerprint density at radius 3 is 2.68 bits per heavy atom. The van der Waals surface area contributed by atoms with Crippen molar-refractivity contribution in [1.29, 1.82) is 0 Å². The van der Waals surface area contributed by atoms with Gasteiger partial charge in [-0.1, -0.05) is 0 Å². The minimum absolute atomic E-state index is 0.0578. The summed E-state index contributed by atoms with van der Waals surface area (Å²) in [7, 11) is -4.84. The normalized spacial score (nSPS) is 24.5. The van der Waals surface area contributed by atoms with Gasteiger partial charge in [-0.05, 0) is 12.8 Å². The third-order valence-electron chi connectivity index (χ3n) is 3.19. The van der Waals surface area contributed by atoms with E-state index < -0.39 is 46.9 Å². The molecule has 2 rings (SSSR count). The zero-order chi connectivity index (χ0) is 16.5. The van der Waals surface area contributed by atoms with Gasteiger partial charge in [0, 0.05) is 6.54 Å². The van der Waals surface area contributed by atoms with E-state index in [1.54, 1.807) is 0 Å². The maximum Gasteiger partial charge on any atom is 0.418 e. The Kier molecular flexibility index (Phi) is 4.50. The van der Waals surface area contributed by atoms with Crippen LogP contribution >= 0.6 is 0 Å². The van der Waals surface area contributed by atoms with E-state index in [0.29, 0.717) is 5.06 Å². The molecular weight excluding hydrogens is 324 g/mol. The molecule has 2 fully saturated rings. The lowest BCUT2D eigenvalue weighted by Crippen LogP contribution is -2.50. The standard InChI is InChI=1S/C9H14N4O8S/c10-7(14)4-20-11-8(15)6-2-1-5-3-12(6)9(16)13(5)21-22(17,18)19/h5-6H,1-4H2,(H2,10,14)(H,11,15)(H,17,18,19)/t5-,6+/m1/s1. The topological polar surface area (TPSA) is 169 Å². The van der Waals surface area contributed by atoms with Gasteiger partial charge in [-0.15, -0.1) is 4.28 Å². The van der Waals surface area contributed by atoms with E-state index in [1.807, 2.05) is 5.48 Å². The molecule has 2 aliphatic rings. The van der Waals surface area contributed by atoms with Crippen molar-refractivity contribution in [3.63, 3.8) is 0 Å². The maximum atomic E-state index is 12.0. The van der Waals surface area contributed by atoms with Crippen molar-refractivity contribution in [3.05, 3.63) is 0 Å². The number of urea groups is 1. The van der Waals surface area contributed by atoms with Crippen LogP contribution < -0.4 is 11.2 Å². The number of rotatable bonds is 6. The van der Waals surface area contributed by atoms with Gasteiger partial charge >= 0.3 is 16.4 Å². The predicted octanol–water partition coefficient (Wildman–Crippen LogP) is -2.48. The first-order chi connectivity index (χ1) is 10.2. The molecule has 2 aliphatic heterocycles. The summed E-state index contributed by atoms with van der Waals surface area (Å²) in [5, 5.41) is 0.521. The second-order valence-electron chi connectivity index (χ2n) is 4.73. The number of nitrogens with two attached hydrogens (primary N) is 1. The van der Waals surface area contributed by atoms with E-state index in [-0.39, 0.29) is 19.4 Å². The minimum Gasteiger partial charge on any atom is -0.368 e. The summed E-state index contributed by atoms with van der Waals surface area (Å²) in [6.07, 6.45) is 0.513. The number of fused-ring (bicyclic) bond motifs is 2. The van der Waals surface area contributed by atoms with Gasteiger partial charge in [0.15, 0.2) is 6.61 Å². The molecule has 0 unspecified atom stereocenters. The van der Waals surface area contributed by atoms with Gasteiger partial charge in [0.25, 0.3) is 5.91 Å². The molecule has 0 aromatic carbocycles. The molecule has 0 radical (unpaired) electrons. The summed E-state index contributed by atoms with van der Waals surface area (Å²) in [5.74, 6) is -1.46. The van der Waals surface area contributed by atoms with Crippen LogP contribution in [0.5, 0.6) is 0 Å². The van der Waals surface area contributed by atoms with Crippen molar-refractivity contribution < 1.29 is 36.5 Å². The Labute approximate surface area is 125 Å². The molecule has 2 heterocycles. The van der Waals surface area contributed by atoms with Gasteiger partial charge in [-0.3, -0.25) is 19.0 Å². The molecule has 22 heavy (non-hydrogen) atoms. The highest BCUT2D eigenvalue weighted by molar-refractivity contribution is 7.80. The molecule has 2 saturated heterocycles. The Hall–Kier alpha value is -1.96. The smallest absolute Gasteiger partial charge is 0.368 e. The summed E-state index contributed by atoms with van der Waals surface area (Å²) < 4.78 is 34.3. The predicted molar refractivity (Wildman–Crippen MR) is 66.7 cm³/mol. The Bertz CT molecular complexity index is 592. The molecule has 2 bridgehead atoms. The van der Waals surface area contributed by atoms with Gasteiger partial charge < -0.3 is 10.6 Å². The fraction of sp³-hybridized carbons (Fsp3) is 0.667. The molecule has 0 aromatic rings. The molecule has 0 aliphatic carbocycles. The number of hydrogen-bond acceptors (Lipinski definition) is 7.